The van der Waals surface area contributed by atoms with Gasteiger partial charge in [0.2, 0.25) is 0 Å². The fourth-order valence-corrected chi connectivity index (χ4v) is 2.15. The van der Waals surface area contributed by atoms with Gasteiger partial charge < -0.3 is 5.32 Å². The molecule has 0 spiro atoms. The van der Waals surface area contributed by atoms with E-state index in [1.54, 1.807) is 13.1 Å². The van der Waals surface area contributed by atoms with Gasteiger partial charge in [0, 0.05) is 18.2 Å². The number of hydrogen-bond donors (Lipinski definition) is 1. The normalized spacial score (nSPS) is 10.1. The van der Waals surface area contributed by atoms with Gasteiger partial charge in [-0.3, -0.25) is 0 Å². The molecule has 0 amide bonds. The van der Waals surface area contributed by atoms with E-state index in [-0.39, 0.29) is 5.56 Å². The number of nitrogens with zero attached hydrogens (tertiary/aromatic N) is 3. The van der Waals surface area contributed by atoms with Crippen LogP contribution in [0.3, 0.4) is 0 Å². The highest BCUT2D eigenvalue weighted by Gasteiger charge is 2.13. The van der Waals surface area contributed by atoms with Gasteiger partial charge in [-0.05, 0) is 24.6 Å². The van der Waals surface area contributed by atoms with Crippen LogP contribution < -0.4 is 5.32 Å². The fourth-order valence-electron chi connectivity index (χ4n) is 2.15. The Labute approximate surface area is 117 Å². The molecule has 0 aliphatic rings. The third-order valence-corrected chi connectivity index (χ3v) is 2.98. The number of nitrogens with one attached hydrogen (secondary N) is 1. The molecule has 0 fully saturated rings. The summed E-state index contributed by atoms with van der Waals surface area (Å²) in [4.78, 5) is 8.45. The summed E-state index contributed by atoms with van der Waals surface area (Å²) in [6, 6.07) is 6.20. The Morgan fingerprint density at radius 1 is 1.30 bits per heavy atom. The molecule has 102 valence electrons. The lowest BCUT2D eigenvalue weighted by Gasteiger charge is -2.12. The van der Waals surface area contributed by atoms with Crippen LogP contribution in [-0.4, -0.2) is 17.0 Å². The van der Waals surface area contributed by atoms with Gasteiger partial charge in [0.25, 0.3) is 0 Å². The summed E-state index contributed by atoms with van der Waals surface area (Å²) in [5, 5.41) is 12.0. The molecule has 0 unspecified atom stereocenters. The number of aromatic nitrogens is 2. The van der Waals surface area contributed by atoms with E-state index >= 15 is 0 Å². The average molecular weight is 270 g/mol. The van der Waals surface area contributed by atoms with Crippen LogP contribution in [0.5, 0.6) is 0 Å². The van der Waals surface area contributed by atoms with Gasteiger partial charge in [0.15, 0.2) is 0 Å². The summed E-state index contributed by atoms with van der Waals surface area (Å²) in [5.41, 5.74) is 2.49. The van der Waals surface area contributed by atoms with Crippen molar-refractivity contribution in [2.24, 2.45) is 0 Å². The lowest BCUT2D eigenvalue weighted by molar-refractivity contribution is 0.627. The average Bonchev–Trinajstić information content (AvgIpc) is 2.47. The third-order valence-electron chi connectivity index (χ3n) is 2.98. The summed E-state index contributed by atoms with van der Waals surface area (Å²) in [5.74, 6) is 0.297. The van der Waals surface area contributed by atoms with Crippen molar-refractivity contribution < 1.29 is 4.39 Å². The van der Waals surface area contributed by atoms with Crippen molar-refractivity contribution in [3.05, 3.63) is 41.5 Å². The van der Waals surface area contributed by atoms with E-state index in [0.717, 1.165) is 24.2 Å². The molecule has 20 heavy (non-hydrogen) atoms. The predicted octanol–water partition coefficient (Wildman–Crippen LogP) is 3.15. The molecule has 0 saturated carbocycles. The first-order chi connectivity index (χ1) is 9.69. The van der Waals surface area contributed by atoms with Gasteiger partial charge in [0.1, 0.15) is 18.0 Å². The molecule has 1 heterocycles. The SMILES string of the molecule is CCCc1c(NC)ncnc1-c1cc(F)cc(C#N)c1. The van der Waals surface area contributed by atoms with E-state index in [2.05, 4.69) is 22.2 Å². The predicted molar refractivity (Wildman–Crippen MR) is 75.7 cm³/mol. The van der Waals surface area contributed by atoms with Crippen LogP contribution in [-0.2, 0) is 6.42 Å². The topological polar surface area (TPSA) is 61.6 Å². The van der Waals surface area contributed by atoms with E-state index in [4.69, 9.17) is 5.26 Å². The minimum absolute atomic E-state index is 0.284. The molecule has 0 saturated heterocycles. The maximum atomic E-state index is 13.6. The van der Waals surface area contributed by atoms with Crippen molar-refractivity contribution >= 4 is 5.82 Å². The Hall–Kier alpha value is -2.48. The van der Waals surface area contributed by atoms with Crippen molar-refractivity contribution in [2.45, 2.75) is 19.8 Å². The van der Waals surface area contributed by atoms with Crippen LogP contribution in [0.2, 0.25) is 0 Å². The molecular weight excluding hydrogens is 255 g/mol. The second kappa shape index (κ2) is 6.11. The number of nitriles is 1. The number of hydrogen-bond acceptors (Lipinski definition) is 4. The molecule has 1 aromatic heterocycles. The molecule has 2 rings (SSSR count). The Morgan fingerprint density at radius 2 is 2.10 bits per heavy atom. The first-order valence-corrected chi connectivity index (χ1v) is 6.42. The molecule has 4 nitrogen and oxygen atoms in total. The minimum atomic E-state index is -0.439. The molecule has 0 bridgehead atoms. The molecule has 1 N–H and O–H groups in total. The van der Waals surface area contributed by atoms with Gasteiger partial charge >= 0.3 is 0 Å². The fraction of sp³-hybridized carbons (Fsp3) is 0.267. The number of rotatable bonds is 4. The van der Waals surface area contributed by atoms with Crippen molar-refractivity contribution in [3.8, 4) is 17.3 Å². The van der Waals surface area contributed by atoms with E-state index in [1.807, 2.05) is 6.07 Å². The van der Waals surface area contributed by atoms with Crippen molar-refractivity contribution in [2.75, 3.05) is 12.4 Å². The molecule has 0 atom stereocenters. The second-order valence-electron chi connectivity index (χ2n) is 4.39. The van der Waals surface area contributed by atoms with Gasteiger partial charge in [-0.25, -0.2) is 14.4 Å². The zero-order chi connectivity index (χ0) is 14.5. The zero-order valence-electron chi connectivity index (χ0n) is 11.4. The summed E-state index contributed by atoms with van der Waals surface area (Å²) in [6.07, 6.45) is 3.15. The Morgan fingerprint density at radius 3 is 2.75 bits per heavy atom. The number of benzene rings is 1. The van der Waals surface area contributed by atoms with E-state index < -0.39 is 5.82 Å². The van der Waals surface area contributed by atoms with Crippen molar-refractivity contribution in [1.29, 1.82) is 5.26 Å². The minimum Gasteiger partial charge on any atom is -0.373 e. The molecule has 2 aromatic rings. The Bertz CT molecular complexity index is 661. The van der Waals surface area contributed by atoms with Crippen LogP contribution in [0.4, 0.5) is 10.2 Å². The van der Waals surface area contributed by atoms with Crippen LogP contribution in [0.15, 0.2) is 24.5 Å². The highest BCUT2D eigenvalue weighted by molar-refractivity contribution is 5.69. The quantitative estimate of drug-likeness (QED) is 0.927. The first kappa shape index (κ1) is 13.9. The van der Waals surface area contributed by atoms with Crippen LogP contribution in [0, 0.1) is 17.1 Å². The van der Waals surface area contributed by atoms with Crippen LogP contribution >= 0.6 is 0 Å². The standard InChI is InChI=1S/C15H15FN4/c1-3-4-13-14(19-9-20-15(13)18-2)11-5-10(8-17)6-12(16)7-11/h5-7,9H,3-4H2,1-2H3,(H,18,19,20). The summed E-state index contributed by atoms with van der Waals surface area (Å²) < 4.78 is 13.6. The molecule has 1 aromatic carbocycles. The van der Waals surface area contributed by atoms with E-state index in [1.165, 1.54) is 18.5 Å². The van der Waals surface area contributed by atoms with Gasteiger partial charge in [0.05, 0.1) is 17.3 Å². The number of halogens is 1. The van der Waals surface area contributed by atoms with E-state index in [9.17, 15) is 4.39 Å². The highest BCUT2D eigenvalue weighted by atomic mass is 19.1. The summed E-state index contributed by atoms with van der Waals surface area (Å²) in [6.45, 7) is 2.06. The largest absolute Gasteiger partial charge is 0.373 e. The summed E-state index contributed by atoms with van der Waals surface area (Å²) >= 11 is 0. The van der Waals surface area contributed by atoms with Crippen LogP contribution in [0.1, 0.15) is 24.5 Å². The molecule has 0 aliphatic heterocycles. The van der Waals surface area contributed by atoms with Crippen LogP contribution in [0.25, 0.3) is 11.3 Å². The highest BCUT2D eigenvalue weighted by Crippen LogP contribution is 2.28. The second-order valence-corrected chi connectivity index (χ2v) is 4.39. The first-order valence-electron chi connectivity index (χ1n) is 6.42. The maximum absolute atomic E-state index is 13.6. The maximum Gasteiger partial charge on any atom is 0.132 e. The lowest BCUT2D eigenvalue weighted by Crippen LogP contribution is -2.03. The van der Waals surface area contributed by atoms with Gasteiger partial charge in [-0.1, -0.05) is 13.3 Å². The molecule has 0 aliphatic carbocycles. The Kier molecular flexibility index (Phi) is 4.26. The zero-order valence-corrected chi connectivity index (χ0v) is 11.4. The molecular formula is C15H15FN4. The summed E-state index contributed by atoms with van der Waals surface area (Å²) in [7, 11) is 1.79. The monoisotopic (exact) mass is 270 g/mol. The lowest BCUT2D eigenvalue weighted by atomic mass is 10.0. The van der Waals surface area contributed by atoms with Crippen molar-refractivity contribution in [3.63, 3.8) is 0 Å². The van der Waals surface area contributed by atoms with Gasteiger partial charge in [-0.15, -0.1) is 0 Å². The smallest absolute Gasteiger partial charge is 0.132 e. The molecule has 5 heteroatoms. The third kappa shape index (κ3) is 2.75. The van der Waals surface area contributed by atoms with E-state index in [0.29, 0.717) is 11.3 Å². The molecule has 0 radical (unpaired) electrons. The number of anilines is 1. The van der Waals surface area contributed by atoms with Crippen molar-refractivity contribution in [1.82, 2.24) is 9.97 Å². The van der Waals surface area contributed by atoms with Gasteiger partial charge in [-0.2, -0.15) is 5.26 Å². The Balaban J connectivity index is 2.63.